The summed E-state index contributed by atoms with van der Waals surface area (Å²) in [4.78, 5) is 13.9. The SMILES string of the molecule is Cc1cccc(C(c2ccc3ccccc3c2)N2CCCC(C(=O)O)C2)c1. The number of carboxylic acid groups (broad SMARTS) is 1. The minimum Gasteiger partial charge on any atom is -0.481 e. The van der Waals surface area contributed by atoms with Crippen molar-refractivity contribution in [1.29, 1.82) is 0 Å². The summed E-state index contributed by atoms with van der Waals surface area (Å²) in [6.45, 7) is 3.63. The molecule has 3 nitrogen and oxygen atoms in total. The molecular formula is C24H25NO2. The zero-order valence-electron chi connectivity index (χ0n) is 15.6. The Hall–Kier alpha value is -2.65. The van der Waals surface area contributed by atoms with Gasteiger partial charge in [0.1, 0.15) is 0 Å². The third-order valence-corrected chi connectivity index (χ3v) is 5.61. The number of rotatable bonds is 4. The molecule has 0 saturated carbocycles. The van der Waals surface area contributed by atoms with Gasteiger partial charge >= 0.3 is 5.97 Å². The van der Waals surface area contributed by atoms with Crippen LogP contribution in [0.2, 0.25) is 0 Å². The van der Waals surface area contributed by atoms with Crippen molar-refractivity contribution in [3.8, 4) is 0 Å². The molecule has 3 heteroatoms. The van der Waals surface area contributed by atoms with E-state index in [0.717, 1.165) is 19.4 Å². The lowest BCUT2D eigenvalue weighted by Gasteiger charge is -2.37. The molecule has 2 atom stereocenters. The van der Waals surface area contributed by atoms with E-state index >= 15 is 0 Å². The number of piperidine rings is 1. The Morgan fingerprint density at radius 3 is 2.56 bits per heavy atom. The molecule has 1 aliphatic heterocycles. The zero-order valence-corrected chi connectivity index (χ0v) is 15.6. The number of benzene rings is 3. The molecule has 0 radical (unpaired) electrons. The van der Waals surface area contributed by atoms with Crippen molar-refractivity contribution in [3.63, 3.8) is 0 Å². The molecule has 1 N–H and O–H groups in total. The van der Waals surface area contributed by atoms with Crippen molar-refractivity contribution >= 4 is 16.7 Å². The zero-order chi connectivity index (χ0) is 18.8. The van der Waals surface area contributed by atoms with E-state index in [1.54, 1.807) is 0 Å². The van der Waals surface area contributed by atoms with Crippen molar-refractivity contribution < 1.29 is 9.90 Å². The fourth-order valence-electron chi connectivity index (χ4n) is 4.27. The summed E-state index contributed by atoms with van der Waals surface area (Å²) in [6.07, 6.45) is 1.69. The Bertz CT molecular complexity index is 965. The highest BCUT2D eigenvalue weighted by atomic mass is 16.4. The molecule has 3 aromatic rings. The van der Waals surface area contributed by atoms with E-state index in [4.69, 9.17) is 0 Å². The van der Waals surface area contributed by atoms with E-state index in [0.29, 0.717) is 6.54 Å². The molecule has 2 unspecified atom stereocenters. The van der Waals surface area contributed by atoms with Crippen LogP contribution < -0.4 is 0 Å². The first kappa shape index (κ1) is 17.7. The second-order valence-corrected chi connectivity index (χ2v) is 7.60. The van der Waals surface area contributed by atoms with Crippen LogP contribution in [0.3, 0.4) is 0 Å². The van der Waals surface area contributed by atoms with Gasteiger partial charge in [0.05, 0.1) is 12.0 Å². The molecule has 0 aromatic heterocycles. The van der Waals surface area contributed by atoms with Gasteiger partial charge in [-0.15, -0.1) is 0 Å². The Balaban J connectivity index is 1.78. The Labute approximate surface area is 160 Å². The topological polar surface area (TPSA) is 40.5 Å². The number of likely N-dealkylation sites (tertiary alicyclic amines) is 1. The molecule has 27 heavy (non-hydrogen) atoms. The second kappa shape index (κ2) is 7.53. The maximum atomic E-state index is 11.6. The van der Waals surface area contributed by atoms with Crippen LogP contribution in [0.25, 0.3) is 10.8 Å². The summed E-state index contributed by atoms with van der Waals surface area (Å²) in [5.74, 6) is -0.965. The van der Waals surface area contributed by atoms with Gasteiger partial charge < -0.3 is 5.11 Å². The Morgan fingerprint density at radius 2 is 1.78 bits per heavy atom. The van der Waals surface area contributed by atoms with Crippen LogP contribution >= 0.6 is 0 Å². The highest BCUT2D eigenvalue weighted by molar-refractivity contribution is 5.83. The van der Waals surface area contributed by atoms with Gasteiger partial charge in [0.2, 0.25) is 0 Å². The van der Waals surface area contributed by atoms with Crippen LogP contribution in [0.5, 0.6) is 0 Å². The summed E-state index contributed by atoms with van der Waals surface area (Å²) in [7, 11) is 0. The van der Waals surface area contributed by atoms with Crippen molar-refractivity contribution in [3.05, 3.63) is 83.4 Å². The van der Waals surface area contributed by atoms with Gasteiger partial charge in [-0.3, -0.25) is 9.69 Å². The second-order valence-electron chi connectivity index (χ2n) is 7.60. The monoisotopic (exact) mass is 359 g/mol. The molecule has 138 valence electrons. The fraction of sp³-hybridized carbons (Fsp3) is 0.292. The first-order chi connectivity index (χ1) is 13.1. The van der Waals surface area contributed by atoms with Crippen molar-refractivity contribution in [2.45, 2.75) is 25.8 Å². The minimum absolute atomic E-state index is 0.0802. The number of nitrogens with zero attached hydrogens (tertiary/aromatic N) is 1. The molecular weight excluding hydrogens is 334 g/mol. The van der Waals surface area contributed by atoms with Crippen LogP contribution in [0.15, 0.2) is 66.7 Å². The molecule has 1 heterocycles. The summed E-state index contributed by atoms with van der Waals surface area (Å²) in [6, 6.07) is 23.7. The quantitative estimate of drug-likeness (QED) is 0.710. The molecule has 0 amide bonds. The predicted molar refractivity (Wildman–Crippen MR) is 109 cm³/mol. The lowest BCUT2D eigenvalue weighted by molar-refractivity contribution is -0.143. The lowest BCUT2D eigenvalue weighted by atomic mass is 9.90. The van der Waals surface area contributed by atoms with Crippen molar-refractivity contribution in [2.75, 3.05) is 13.1 Å². The first-order valence-electron chi connectivity index (χ1n) is 9.64. The first-order valence-corrected chi connectivity index (χ1v) is 9.64. The van der Waals surface area contributed by atoms with Crippen LogP contribution in [0, 0.1) is 12.8 Å². The van der Waals surface area contributed by atoms with E-state index in [1.807, 2.05) is 0 Å². The summed E-state index contributed by atoms with van der Waals surface area (Å²) in [5, 5.41) is 12.0. The van der Waals surface area contributed by atoms with Crippen LogP contribution in [0.4, 0.5) is 0 Å². The smallest absolute Gasteiger partial charge is 0.307 e. The van der Waals surface area contributed by atoms with Gasteiger partial charge in [0.25, 0.3) is 0 Å². The molecule has 3 aromatic carbocycles. The largest absolute Gasteiger partial charge is 0.481 e. The van der Waals surface area contributed by atoms with Gasteiger partial charge in [-0.2, -0.15) is 0 Å². The molecule has 1 fully saturated rings. The standard InChI is InChI=1S/C24H25NO2/c1-17-6-4-9-20(14-17)23(25-13-5-10-22(16-25)24(26)27)21-12-11-18-7-2-3-8-19(18)15-21/h2-4,6-9,11-12,14-15,22-23H,5,10,13,16H2,1H3,(H,26,27). The Morgan fingerprint density at radius 1 is 1.00 bits per heavy atom. The molecule has 0 aliphatic carbocycles. The predicted octanol–water partition coefficient (Wildman–Crippen LogP) is 5.03. The van der Waals surface area contributed by atoms with Gasteiger partial charge in [-0.1, -0.05) is 66.2 Å². The maximum absolute atomic E-state index is 11.6. The fourth-order valence-corrected chi connectivity index (χ4v) is 4.27. The van der Waals surface area contributed by atoms with E-state index < -0.39 is 5.97 Å². The average Bonchev–Trinajstić information content (AvgIpc) is 2.68. The highest BCUT2D eigenvalue weighted by Gasteiger charge is 2.31. The number of hydrogen-bond acceptors (Lipinski definition) is 2. The van der Waals surface area contributed by atoms with Gasteiger partial charge in [0.15, 0.2) is 0 Å². The van der Waals surface area contributed by atoms with Gasteiger partial charge in [0, 0.05) is 6.54 Å². The van der Waals surface area contributed by atoms with Crippen LogP contribution in [0.1, 0.15) is 35.6 Å². The maximum Gasteiger partial charge on any atom is 0.307 e. The average molecular weight is 359 g/mol. The number of fused-ring (bicyclic) bond motifs is 1. The molecule has 4 rings (SSSR count). The third-order valence-electron chi connectivity index (χ3n) is 5.61. The molecule has 1 saturated heterocycles. The van der Waals surface area contributed by atoms with Crippen molar-refractivity contribution in [1.82, 2.24) is 4.90 Å². The molecule has 0 spiro atoms. The summed E-state index contributed by atoms with van der Waals surface area (Å²) in [5.41, 5.74) is 3.69. The van der Waals surface area contributed by atoms with E-state index in [-0.39, 0.29) is 12.0 Å². The number of aryl methyl sites for hydroxylation is 1. The number of carbonyl (C=O) groups is 1. The van der Waals surface area contributed by atoms with E-state index in [1.165, 1.54) is 27.5 Å². The number of hydrogen-bond donors (Lipinski definition) is 1. The summed E-state index contributed by atoms with van der Waals surface area (Å²) >= 11 is 0. The molecule has 0 bridgehead atoms. The normalized spacial score (nSPS) is 19.1. The van der Waals surface area contributed by atoms with Crippen molar-refractivity contribution in [2.24, 2.45) is 5.92 Å². The summed E-state index contributed by atoms with van der Waals surface area (Å²) < 4.78 is 0. The van der Waals surface area contributed by atoms with Gasteiger partial charge in [-0.25, -0.2) is 0 Å². The Kier molecular flexibility index (Phi) is 4.95. The number of aliphatic carboxylic acids is 1. The lowest BCUT2D eigenvalue weighted by Crippen LogP contribution is -2.41. The minimum atomic E-state index is -0.679. The number of carboxylic acids is 1. The van der Waals surface area contributed by atoms with E-state index in [2.05, 4.69) is 78.6 Å². The third kappa shape index (κ3) is 3.74. The molecule has 1 aliphatic rings. The van der Waals surface area contributed by atoms with E-state index in [9.17, 15) is 9.90 Å². The van der Waals surface area contributed by atoms with Crippen LogP contribution in [-0.4, -0.2) is 29.1 Å². The van der Waals surface area contributed by atoms with Crippen LogP contribution in [-0.2, 0) is 4.79 Å². The van der Waals surface area contributed by atoms with Gasteiger partial charge in [-0.05, 0) is 54.3 Å². The highest BCUT2D eigenvalue weighted by Crippen LogP contribution is 2.34.